The van der Waals surface area contributed by atoms with Crippen LogP contribution in [0.25, 0.3) is 0 Å². The maximum absolute atomic E-state index is 11.9. The lowest BCUT2D eigenvalue weighted by atomic mass is 10.2. The van der Waals surface area contributed by atoms with Gasteiger partial charge >= 0.3 is 5.97 Å². The molecule has 1 atom stereocenters. The van der Waals surface area contributed by atoms with E-state index < -0.39 is 17.0 Å². The lowest BCUT2D eigenvalue weighted by Gasteiger charge is -2.09. The summed E-state index contributed by atoms with van der Waals surface area (Å²) < 4.78 is 9.96. The minimum absolute atomic E-state index is 0.124. The van der Waals surface area contributed by atoms with Crippen molar-refractivity contribution in [3.05, 3.63) is 51.7 Å². The van der Waals surface area contributed by atoms with Gasteiger partial charge in [-0.2, -0.15) is 4.98 Å². The number of ether oxygens (including phenoxy) is 1. The van der Waals surface area contributed by atoms with E-state index in [0.29, 0.717) is 5.82 Å². The van der Waals surface area contributed by atoms with E-state index in [9.17, 15) is 14.9 Å². The molecular weight excluding hydrogens is 266 g/mol. The summed E-state index contributed by atoms with van der Waals surface area (Å²) in [6, 6.07) is 5.55. The second-order valence-corrected chi connectivity index (χ2v) is 4.00. The lowest BCUT2D eigenvalue weighted by molar-refractivity contribution is -0.385. The van der Waals surface area contributed by atoms with E-state index >= 15 is 0 Å². The molecule has 1 heterocycles. The summed E-state index contributed by atoms with van der Waals surface area (Å²) in [6.07, 6.45) is -0.788. The van der Waals surface area contributed by atoms with Crippen LogP contribution in [0.15, 0.2) is 28.8 Å². The highest BCUT2D eigenvalue weighted by molar-refractivity contribution is 5.93. The van der Waals surface area contributed by atoms with Crippen molar-refractivity contribution in [3.63, 3.8) is 0 Å². The predicted molar refractivity (Wildman–Crippen MR) is 66.0 cm³/mol. The molecule has 0 aliphatic rings. The predicted octanol–water partition coefficient (Wildman–Crippen LogP) is 2.20. The van der Waals surface area contributed by atoms with Gasteiger partial charge in [-0.1, -0.05) is 17.3 Å². The van der Waals surface area contributed by atoms with Gasteiger partial charge < -0.3 is 9.26 Å². The van der Waals surface area contributed by atoms with E-state index in [2.05, 4.69) is 10.1 Å². The van der Waals surface area contributed by atoms with Crippen LogP contribution in [0.3, 0.4) is 0 Å². The number of nitrogens with zero attached hydrogens (tertiary/aromatic N) is 3. The summed E-state index contributed by atoms with van der Waals surface area (Å²) in [5.41, 5.74) is -0.438. The minimum Gasteiger partial charge on any atom is -0.449 e. The molecular formula is C12H11N3O5. The molecule has 0 aliphatic carbocycles. The van der Waals surface area contributed by atoms with Crippen LogP contribution in [0.4, 0.5) is 5.69 Å². The van der Waals surface area contributed by atoms with Gasteiger partial charge in [0.05, 0.1) is 4.92 Å². The molecule has 2 aromatic rings. The van der Waals surface area contributed by atoms with Gasteiger partial charge in [0.2, 0.25) is 0 Å². The second-order valence-electron chi connectivity index (χ2n) is 4.00. The Labute approximate surface area is 113 Å². The van der Waals surface area contributed by atoms with Crippen molar-refractivity contribution in [2.45, 2.75) is 20.0 Å². The second kappa shape index (κ2) is 5.47. The molecule has 2 rings (SSSR count). The minimum atomic E-state index is -0.819. The Morgan fingerprint density at radius 3 is 2.75 bits per heavy atom. The number of para-hydroxylation sites is 1. The molecule has 0 saturated carbocycles. The molecule has 0 spiro atoms. The van der Waals surface area contributed by atoms with Gasteiger partial charge in [0, 0.05) is 6.07 Å². The fraction of sp³-hybridized carbons (Fsp3) is 0.250. The average molecular weight is 277 g/mol. The van der Waals surface area contributed by atoms with Crippen LogP contribution in [-0.2, 0) is 4.74 Å². The molecule has 0 amide bonds. The molecule has 0 aliphatic heterocycles. The Morgan fingerprint density at radius 2 is 2.15 bits per heavy atom. The number of benzene rings is 1. The molecule has 1 aromatic heterocycles. The molecule has 20 heavy (non-hydrogen) atoms. The zero-order valence-corrected chi connectivity index (χ0v) is 10.8. The fourth-order valence-corrected chi connectivity index (χ4v) is 1.56. The fourth-order valence-electron chi connectivity index (χ4n) is 1.56. The number of esters is 1. The van der Waals surface area contributed by atoms with E-state index in [1.807, 2.05) is 0 Å². The maximum atomic E-state index is 11.9. The van der Waals surface area contributed by atoms with Crippen LogP contribution in [0.5, 0.6) is 0 Å². The number of hydrogen-bond donors (Lipinski definition) is 0. The number of rotatable bonds is 4. The largest absolute Gasteiger partial charge is 0.449 e. The van der Waals surface area contributed by atoms with Crippen molar-refractivity contribution in [2.75, 3.05) is 0 Å². The molecule has 8 nitrogen and oxygen atoms in total. The number of carbonyl (C=O) groups is 1. The summed E-state index contributed by atoms with van der Waals surface area (Å²) in [5.74, 6) is -0.274. The third-order valence-corrected chi connectivity index (χ3v) is 2.50. The van der Waals surface area contributed by atoms with Crippen LogP contribution in [0.1, 0.15) is 35.1 Å². The molecule has 0 saturated heterocycles. The SMILES string of the molecule is Cc1noc([C@H](C)OC(=O)c2ccccc2[N+](=O)[O-])n1. The Morgan fingerprint density at radius 1 is 1.45 bits per heavy atom. The van der Waals surface area contributed by atoms with Crippen molar-refractivity contribution >= 4 is 11.7 Å². The van der Waals surface area contributed by atoms with E-state index in [-0.39, 0.29) is 17.1 Å². The summed E-state index contributed by atoms with van der Waals surface area (Å²) in [4.78, 5) is 26.1. The van der Waals surface area contributed by atoms with Gasteiger partial charge in [-0.25, -0.2) is 4.79 Å². The smallest absolute Gasteiger partial charge is 0.345 e. The van der Waals surface area contributed by atoms with Crippen LogP contribution in [0.2, 0.25) is 0 Å². The molecule has 0 fully saturated rings. The Kier molecular flexibility index (Phi) is 3.74. The lowest BCUT2D eigenvalue weighted by Crippen LogP contribution is -2.11. The highest BCUT2D eigenvalue weighted by atomic mass is 16.6. The third kappa shape index (κ3) is 2.79. The van der Waals surface area contributed by atoms with E-state index in [4.69, 9.17) is 9.26 Å². The molecule has 1 aromatic carbocycles. The Balaban J connectivity index is 2.18. The third-order valence-electron chi connectivity index (χ3n) is 2.50. The van der Waals surface area contributed by atoms with Gasteiger partial charge in [-0.15, -0.1) is 0 Å². The van der Waals surface area contributed by atoms with E-state index in [1.165, 1.54) is 24.3 Å². The standard InChI is InChI=1S/C12H11N3O5/c1-7(11-13-8(2)14-20-11)19-12(16)9-5-3-4-6-10(9)15(17)18/h3-7H,1-2H3/t7-/m0/s1. The van der Waals surface area contributed by atoms with Gasteiger partial charge in [-0.05, 0) is 19.9 Å². The summed E-state index contributed by atoms with van der Waals surface area (Å²) in [5, 5.41) is 14.4. The summed E-state index contributed by atoms with van der Waals surface area (Å²) >= 11 is 0. The van der Waals surface area contributed by atoms with Crippen LogP contribution >= 0.6 is 0 Å². The molecule has 8 heteroatoms. The summed E-state index contributed by atoms with van der Waals surface area (Å²) in [6.45, 7) is 3.17. The normalized spacial score (nSPS) is 11.9. The van der Waals surface area contributed by atoms with E-state index in [0.717, 1.165) is 0 Å². The van der Waals surface area contributed by atoms with E-state index in [1.54, 1.807) is 13.8 Å². The first-order chi connectivity index (χ1) is 9.49. The zero-order chi connectivity index (χ0) is 14.7. The first-order valence-electron chi connectivity index (χ1n) is 5.73. The van der Waals surface area contributed by atoms with Gasteiger partial charge in [0.15, 0.2) is 11.9 Å². The van der Waals surface area contributed by atoms with Crippen molar-refractivity contribution in [3.8, 4) is 0 Å². The average Bonchev–Trinajstić information content (AvgIpc) is 2.85. The number of aromatic nitrogens is 2. The van der Waals surface area contributed by atoms with Crippen molar-refractivity contribution < 1.29 is 19.0 Å². The quantitative estimate of drug-likeness (QED) is 0.478. The van der Waals surface area contributed by atoms with Crippen molar-refractivity contribution in [1.82, 2.24) is 10.1 Å². The molecule has 104 valence electrons. The molecule has 0 N–H and O–H groups in total. The molecule has 0 bridgehead atoms. The van der Waals surface area contributed by atoms with Crippen LogP contribution in [-0.4, -0.2) is 21.0 Å². The Bertz CT molecular complexity index is 652. The molecule has 0 unspecified atom stereocenters. The number of nitro groups is 1. The van der Waals surface area contributed by atoms with Gasteiger partial charge in [-0.3, -0.25) is 10.1 Å². The van der Waals surface area contributed by atoms with Crippen molar-refractivity contribution in [1.29, 1.82) is 0 Å². The first-order valence-corrected chi connectivity index (χ1v) is 5.73. The monoisotopic (exact) mass is 277 g/mol. The van der Waals surface area contributed by atoms with Crippen molar-refractivity contribution in [2.24, 2.45) is 0 Å². The first kappa shape index (κ1) is 13.7. The maximum Gasteiger partial charge on any atom is 0.345 e. The highest BCUT2D eigenvalue weighted by Crippen LogP contribution is 2.22. The molecule has 0 radical (unpaired) electrons. The zero-order valence-electron chi connectivity index (χ0n) is 10.8. The number of nitro benzene ring substituents is 1. The number of carbonyl (C=O) groups excluding carboxylic acids is 1. The van der Waals surface area contributed by atoms with Crippen LogP contribution < -0.4 is 0 Å². The number of aryl methyl sites for hydroxylation is 1. The number of hydrogen-bond acceptors (Lipinski definition) is 7. The Hall–Kier alpha value is -2.77. The highest BCUT2D eigenvalue weighted by Gasteiger charge is 2.24. The topological polar surface area (TPSA) is 108 Å². The summed E-state index contributed by atoms with van der Waals surface area (Å²) in [7, 11) is 0. The van der Waals surface area contributed by atoms with Crippen LogP contribution in [0, 0.1) is 17.0 Å². The van der Waals surface area contributed by atoms with Gasteiger partial charge in [0.1, 0.15) is 5.56 Å². The van der Waals surface area contributed by atoms with Gasteiger partial charge in [0.25, 0.3) is 11.6 Å².